The lowest BCUT2D eigenvalue weighted by Gasteiger charge is -2.01. The summed E-state index contributed by atoms with van der Waals surface area (Å²) in [5, 5.41) is 3.98. The van der Waals surface area contributed by atoms with Crippen molar-refractivity contribution in [1.29, 1.82) is 0 Å². The van der Waals surface area contributed by atoms with Crippen molar-refractivity contribution in [2.24, 2.45) is 12.8 Å². The van der Waals surface area contributed by atoms with Crippen LogP contribution in [0.4, 0.5) is 0 Å². The van der Waals surface area contributed by atoms with Crippen LogP contribution in [0.2, 0.25) is 0 Å². The lowest BCUT2D eigenvalue weighted by atomic mass is 10.3. The van der Waals surface area contributed by atoms with Gasteiger partial charge in [0.05, 0.1) is 17.7 Å². The molecule has 1 rings (SSSR count). The molecule has 0 saturated carbocycles. The smallest absolute Gasteiger partial charge is 0.150 e. The summed E-state index contributed by atoms with van der Waals surface area (Å²) in [4.78, 5) is 0. The highest BCUT2D eigenvalue weighted by Gasteiger charge is 2.10. The first kappa shape index (κ1) is 12.2. The summed E-state index contributed by atoms with van der Waals surface area (Å²) >= 11 is 0. The van der Waals surface area contributed by atoms with E-state index in [1.165, 1.54) is 0 Å². The fourth-order valence-corrected chi connectivity index (χ4v) is 2.64. The molecule has 86 valence electrons. The number of nitrogens with two attached hydrogens (primary N) is 1. The molecule has 0 atom stereocenters. The second-order valence-corrected chi connectivity index (χ2v) is 5.87. The Kier molecular flexibility index (Phi) is 4.28. The summed E-state index contributed by atoms with van der Waals surface area (Å²) in [7, 11) is -1.14. The summed E-state index contributed by atoms with van der Waals surface area (Å²) in [6.45, 7) is 0.423. The number of sulfone groups is 1. The van der Waals surface area contributed by atoms with E-state index in [0.717, 1.165) is 5.56 Å². The molecule has 0 aromatic carbocycles. The number of hydrogen-bond donors (Lipinski definition) is 1. The lowest BCUT2D eigenvalue weighted by molar-refractivity contribution is 0.593. The van der Waals surface area contributed by atoms with E-state index in [4.69, 9.17) is 5.73 Å². The van der Waals surface area contributed by atoms with Crippen molar-refractivity contribution in [2.45, 2.75) is 12.8 Å². The zero-order valence-corrected chi connectivity index (χ0v) is 9.70. The molecule has 2 N–H and O–H groups in total. The van der Waals surface area contributed by atoms with Crippen LogP contribution in [0.15, 0.2) is 12.4 Å². The molecule has 0 aliphatic heterocycles. The van der Waals surface area contributed by atoms with Crippen LogP contribution < -0.4 is 5.73 Å². The molecule has 5 nitrogen and oxygen atoms in total. The molecule has 15 heavy (non-hydrogen) atoms. The highest BCUT2D eigenvalue weighted by molar-refractivity contribution is 7.91. The standard InChI is InChI=1S/C9H17N3O2S/c1-12-8-9(7-11-12)3-6-15(13,14)5-2-4-10/h7-8H,2-6,10H2,1H3. The van der Waals surface area contributed by atoms with Gasteiger partial charge in [-0.2, -0.15) is 5.10 Å². The first-order valence-corrected chi connectivity index (χ1v) is 6.73. The van der Waals surface area contributed by atoms with Gasteiger partial charge < -0.3 is 5.73 Å². The predicted octanol–water partition coefficient (Wildman–Crippen LogP) is -0.274. The van der Waals surface area contributed by atoms with Gasteiger partial charge in [0.25, 0.3) is 0 Å². The Balaban J connectivity index is 2.42. The monoisotopic (exact) mass is 231 g/mol. The van der Waals surface area contributed by atoms with Crippen LogP contribution in [0.25, 0.3) is 0 Å². The molecule has 1 heterocycles. The number of rotatable bonds is 6. The molecule has 6 heteroatoms. The van der Waals surface area contributed by atoms with E-state index in [0.29, 0.717) is 19.4 Å². The Morgan fingerprint density at radius 3 is 2.73 bits per heavy atom. The van der Waals surface area contributed by atoms with Crippen LogP contribution >= 0.6 is 0 Å². The Bertz CT molecular complexity index is 397. The molecular weight excluding hydrogens is 214 g/mol. The zero-order valence-electron chi connectivity index (χ0n) is 8.89. The third-order valence-corrected chi connectivity index (χ3v) is 3.86. The van der Waals surface area contributed by atoms with Crippen LogP contribution in [0.3, 0.4) is 0 Å². The van der Waals surface area contributed by atoms with Crippen molar-refractivity contribution in [2.75, 3.05) is 18.1 Å². The predicted molar refractivity (Wildman–Crippen MR) is 59.2 cm³/mol. The van der Waals surface area contributed by atoms with E-state index in [9.17, 15) is 8.42 Å². The van der Waals surface area contributed by atoms with Gasteiger partial charge in [0, 0.05) is 13.2 Å². The molecule has 0 aliphatic rings. The second-order valence-electron chi connectivity index (χ2n) is 3.57. The van der Waals surface area contributed by atoms with Crippen LogP contribution in [0, 0.1) is 0 Å². The van der Waals surface area contributed by atoms with E-state index in [-0.39, 0.29) is 11.5 Å². The first-order chi connectivity index (χ1) is 7.03. The van der Waals surface area contributed by atoms with E-state index in [2.05, 4.69) is 5.10 Å². The second kappa shape index (κ2) is 5.27. The van der Waals surface area contributed by atoms with Crippen LogP contribution in [0.1, 0.15) is 12.0 Å². The molecule has 0 aliphatic carbocycles. The molecule has 1 aromatic rings. The number of nitrogens with zero attached hydrogens (tertiary/aromatic N) is 2. The van der Waals surface area contributed by atoms with Gasteiger partial charge in [-0.05, 0) is 24.9 Å². The summed E-state index contributed by atoms with van der Waals surface area (Å²) in [5.74, 6) is 0.364. The summed E-state index contributed by atoms with van der Waals surface area (Å²) in [6.07, 6.45) is 4.59. The molecule has 0 unspecified atom stereocenters. The van der Waals surface area contributed by atoms with E-state index in [1.807, 2.05) is 13.2 Å². The van der Waals surface area contributed by atoms with Crippen LogP contribution in [0.5, 0.6) is 0 Å². The quantitative estimate of drug-likeness (QED) is 0.731. The number of aromatic nitrogens is 2. The topological polar surface area (TPSA) is 78.0 Å². The van der Waals surface area contributed by atoms with Crippen molar-refractivity contribution in [3.63, 3.8) is 0 Å². The zero-order chi connectivity index (χ0) is 11.3. The maximum absolute atomic E-state index is 11.5. The summed E-state index contributed by atoms with van der Waals surface area (Å²) in [6, 6.07) is 0. The van der Waals surface area contributed by atoms with Gasteiger partial charge in [-0.15, -0.1) is 0 Å². The number of aryl methyl sites for hydroxylation is 2. The van der Waals surface area contributed by atoms with Gasteiger partial charge >= 0.3 is 0 Å². The van der Waals surface area contributed by atoms with Gasteiger partial charge in [-0.1, -0.05) is 0 Å². The first-order valence-electron chi connectivity index (χ1n) is 4.91. The largest absolute Gasteiger partial charge is 0.330 e. The Morgan fingerprint density at radius 1 is 1.47 bits per heavy atom. The Labute approximate surface area is 90.2 Å². The highest BCUT2D eigenvalue weighted by atomic mass is 32.2. The summed E-state index contributed by atoms with van der Waals surface area (Å²) < 4.78 is 24.6. The van der Waals surface area contributed by atoms with Gasteiger partial charge in [0.2, 0.25) is 0 Å². The average molecular weight is 231 g/mol. The van der Waals surface area contributed by atoms with Crippen LogP contribution in [-0.2, 0) is 23.3 Å². The van der Waals surface area contributed by atoms with Gasteiger partial charge in [0.1, 0.15) is 0 Å². The van der Waals surface area contributed by atoms with Crippen molar-refractivity contribution in [1.82, 2.24) is 9.78 Å². The average Bonchev–Trinajstić information content (AvgIpc) is 2.59. The third kappa shape index (κ3) is 4.44. The van der Waals surface area contributed by atoms with Crippen molar-refractivity contribution < 1.29 is 8.42 Å². The maximum Gasteiger partial charge on any atom is 0.150 e. The van der Waals surface area contributed by atoms with Gasteiger partial charge in [-0.3, -0.25) is 4.68 Å². The third-order valence-electron chi connectivity index (χ3n) is 2.12. The highest BCUT2D eigenvalue weighted by Crippen LogP contribution is 2.02. The van der Waals surface area contributed by atoms with Crippen molar-refractivity contribution in [3.05, 3.63) is 18.0 Å². The number of hydrogen-bond acceptors (Lipinski definition) is 4. The Morgan fingerprint density at radius 2 is 2.20 bits per heavy atom. The lowest BCUT2D eigenvalue weighted by Crippen LogP contribution is -2.15. The van der Waals surface area contributed by atoms with Crippen LogP contribution in [-0.4, -0.2) is 36.2 Å². The van der Waals surface area contributed by atoms with Crippen molar-refractivity contribution >= 4 is 9.84 Å². The van der Waals surface area contributed by atoms with Gasteiger partial charge in [0.15, 0.2) is 9.84 Å². The SMILES string of the molecule is Cn1cc(CCS(=O)(=O)CCCN)cn1. The minimum Gasteiger partial charge on any atom is -0.330 e. The minimum absolute atomic E-state index is 0.179. The normalized spacial score (nSPS) is 11.9. The fourth-order valence-electron chi connectivity index (χ4n) is 1.28. The Hall–Kier alpha value is -0.880. The van der Waals surface area contributed by atoms with E-state index < -0.39 is 9.84 Å². The maximum atomic E-state index is 11.5. The van der Waals surface area contributed by atoms with Crippen molar-refractivity contribution in [3.8, 4) is 0 Å². The molecular formula is C9H17N3O2S. The molecule has 0 saturated heterocycles. The molecule has 0 fully saturated rings. The molecule has 0 amide bonds. The molecule has 0 bridgehead atoms. The summed E-state index contributed by atoms with van der Waals surface area (Å²) in [5.41, 5.74) is 6.22. The van der Waals surface area contributed by atoms with Gasteiger partial charge in [-0.25, -0.2) is 8.42 Å². The molecule has 1 aromatic heterocycles. The molecule has 0 radical (unpaired) electrons. The molecule has 0 spiro atoms. The minimum atomic E-state index is -2.95. The van der Waals surface area contributed by atoms with E-state index >= 15 is 0 Å². The van der Waals surface area contributed by atoms with E-state index in [1.54, 1.807) is 10.9 Å². The fraction of sp³-hybridized carbons (Fsp3) is 0.667.